The number of aromatic nitrogens is 2. The smallest absolute Gasteiger partial charge is 0.224 e. The molecular weight excluding hydrogens is 256 g/mol. The van der Waals surface area contributed by atoms with E-state index in [-0.39, 0.29) is 18.4 Å². The molecule has 0 radical (unpaired) electrons. The SMILES string of the molecule is CC(NC(=O)CCOc1ccc(N)cc1)c1ncc[nH]1. The van der Waals surface area contributed by atoms with Gasteiger partial charge in [-0.1, -0.05) is 0 Å². The Morgan fingerprint density at radius 3 is 2.85 bits per heavy atom. The minimum absolute atomic E-state index is 0.0793. The van der Waals surface area contributed by atoms with Gasteiger partial charge in [0.25, 0.3) is 0 Å². The summed E-state index contributed by atoms with van der Waals surface area (Å²) in [5.74, 6) is 1.35. The van der Waals surface area contributed by atoms with Crippen molar-refractivity contribution in [2.75, 3.05) is 12.3 Å². The van der Waals surface area contributed by atoms with Crippen LogP contribution < -0.4 is 15.8 Å². The number of imidazole rings is 1. The lowest BCUT2D eigenvalue weighted by Crippen LogP contribution is -2.28. The predicted octanol–water partition coefficient (Wildman–Crippen LogP) is 1.64. The van der Waals surface area contributed by atoms with Crippen molar-refractivity contribution in [3.63, 3.8) is 0 Å². The summed E-state index contributed by atoms with van der Waals surface area (Å²) in [7, 11) is 0. The molecule has 0 fully saturated rings. The summed E-state index contributed by atoms with van der Waals surface area (Å²) < 4.78 is 5.46. The van der Waals surface area contributed by atoms with Gasteiger partial charge in [-0.15, -0.1) is 0 Å². The molecular formula is C14H18N4O2. The number of ether oxygens (including phenoxy) is 1. The second kappa shape index (κ2) is 6.60. The zero-order chi connectivity index (χ0) is 14.4. The van der Waals surface area contributed by atoms with E-state index >= 15 is 0 Å². The van der Waals surface area contributed by atoms with E-state index in [4.69, 9.17) is 10.5 Å². The van der Waals surface area contributed by atoms with Crippen molar-refractivity contribution >= 4 is 11.6 Å². The van der Waals surface area contributed by atoms with Crippen LogP contribution in [-0.4, -0.2) is 22.5 Å². The number of aromatic amines is 1. The van der Waals surface area contributed by atoms with Crippen LogP contribution in [0, 0.1) is 0 Å². The van der Waals surface area contributed by atoms with E-state index in [1.807, 2.05) is 6.92 Å². The number of nitrogens with two attached hydrogens (primary N) is 1. The zero-order valence-electron chi connectivity index (χ0n) is 11.3. The van der Waals surface area contributed by atoms with Crippen molar-refractivity contribution < 1.29 is 9.53 Å². The van der Waals surface area contributed by atoms with Gasteiger partial charge in [-0.25, -0.2) is 4.98 Å². The fourth-order valence-electron chi connectivity index (χ4n) is 1.72. The van der Waals surface area contributed by atoms with Crippen molar-refractivity contribution in [1.29, 1.82) is 0 Å². The molecule has 6 nitrogen and oxygen atoms in total. The van der Waals surface area contributed by atoms with Gasteiger partial charge in [0.05, 0.1) is 19.1 Å². The summed E-state index contributed by atoms with van der Waals surface area (Å²) >= 11 is 0. The first-order chi connectivity index (χ1) is 9.65. The van der Waals surface area contributed by atoms with Gasteiger partial charge in [-0.2, -0.15) is 0 Å². The molecule has 0 aliphatic carbocycles. The quantitative estimate of drug-likeness (QED) is 0.698. The standard InChI is InChI=1S/C14H18N4O2/c1-10(14-16-7-8-17-14)18-13(19)6-9-20-12-4-2-11(15)3-5-12/h2-5,7-8,10H,6,9,15H2,1H3,(H,16,17)(H,18,19). The number of hydrogen-bond donors (Lipinski definition) is 3. The van der Waals surface area contributed by atoms with Crippen LogP contribution in [0.5, 0.6) is 5.75 Å². The molecule has 1 aromatic carbocycles. The maximum absolute atomic E-state index is 11.7. The van der Waals surface area contributed by atoms with E-state index in [1.54, 1.807) is 36.7 Å². The molecule has 0 bridgehead atoms. The average molecular weight is 274 g/mol. The number of carbonyl (C=O) groups is 1. The second-order valence-corrected chi connectivity index (χ2v) is 4.43. The van der Waals surface area contributed by atoms with Gasteiger partial charge in [0.1, 0.15) is 11.6 Å². The van der Waals surface area contributed by atoms with E-state index < -0.39 is 0 Å². The lowest BCUT2D eigenvalue weighted by atomic mass is 10.3. The predicted molar refractivity (Wildman–Crippen MR) is 76.1 cm³/mol. The van der Waals surface area contributed by atoms with Crippen LogP contribution in [0.25, 0.3) is 0 Å². The molecule has 6 heteroatoms. The Labute approximate surface area is 117 Å². The van der Waals surface area contributed by atoms with E-state index in [9.17, 15) is 4.79 Å². The van der Waals surface area contributed by atoms with Crippen molar-refractivity contribution in [2.24, 2.45) is 0 Å². The lowest BCUT2D eigenvalue weighted by Gasteiger charge is -2.12. The largest absolute Gasteiger partial charge is 0.493 e. The molecule has 0 aliphatic heterocycles. The highest BCUT2D eigenvalue weighted by Crippen LogP contribution is 2.13. The molecule has 0 aliphatic rings. The highest BCUT2D eigenvalue weighted by molar-refractivity contribution is 5.76. The lowest BCUT2D eigenvalue weighted by molar-refractivity contribution is -0.122. The molecule has 1 atom stereocenters. The van der Waals surface area contributed by atoms with Gasteiger partial charge >= 0.3 is 0 Å². The molecule has 0 spiro atoms. The minimum Gasteiger partial charge on any atom is -0.493 e. The fraction of sp³-hybridized carbons (Fsp3) is 0.286. The number of nitrogens with one attached hydrogen (secondary N) is 2. The molecule has 1 unspecified atom stereocenters. The molecule has 4 N–H and O–H groups in total. The van der Waals surface area contributed by atoms with Gasteiger partial charge in [0.2, 0.25) is 5.91 Å². The Bertz CT molecular complexity index is 537. The molecule has 1 aromatic heterocycles. The third-order valence-corrected chi connectivity index (χ3v) is 2.78. The number of H-pyrrole nitrogens is 1. The zero-order valence-corrected chi connectivity index (χ0v) is 11.3. The number of hydrogen-bond acceptors (Lipinski definition) is 4. The first kappa shape index (κ1) is 13.9. The highest BCUT2D eigenvalue weighted by Gasteiger charge is 2.11. The van der Waals surface area contributed by atoms with Gasteiger partial charge < -0.3 is 20.8 Å². The van der Waals surface area contributed by atoms with Crippen molar-refractivity contribution in [1.82, 2.24) is 15.3 Å². The van der Waals surface area contributed by atoms with Gasteiger partial charge in [-0.05, 0) is 31.2 Å². The number of amides is 1. The van der Waals surface area contributed by atoms with E-state index in [1.165, 1.54) is 0 Å². The molecule has 20 heavy (non-hydrogen) atoms. The van der Waals surface area contributed by atoms with E-state index in [0.717, 1.165) is 5.82 Å². The number of nitrogens with zero attached hydrogens (tertiary/aromatic N) is 1. The summed E-state index contributed by atoms with van der Waals surface area (Å²) in [6, 6.07) is 6.93. The Morgan fingerprint density at radius 2 is 2.20 bits per heavy atom. The summed E-state index contributed by atoms with van der Waals surface area (Å²) in [5, 5.41) is 2.84. The number of rotatable bonds is 6. The third-order valence-electron chi connectivity index (χ3n) is 2.78. The Hall–Kier alpha value is -2.50. The van der Waals surface area contributed by atoms with Gasteiger partial charge in [0.15, 0.2) is 0 Å². The molecule has 0 saturated heterocycles. The van der Waals surface area contributed by atoms with Crippen molar-refractivity contribution in [3.05, 3.63) is 42.5 Å². The summed E-state index contributed by atoms with van der Waals surface area (Å²) in [6.07, 6.45) is 3.67. The normalized spacial score (nSPS) is 11.8. The van der Waals surface area contributed by atoms with E-state index in [2.05, 4.69) is 15.3 Å². The third kappa shape index (κ3) is 4.01. The first-order valence-electron chi connectivity index (χ1n) is 6.42. The molecule has 1 amide bonds. The minimum atomic E-state index is -0.144. The van der Waals surface area contributed by atoms with Crippen molar-refractivity contribution in [2.45, 2.75) is 19.4 Å². The maximum Gasteiger partial charge on any atom is 0.224 e. The number of benzene rings is 1. The van der Waals surface area contributed by atoms with Crippen LogP contribution in [0.3, 0.4) is 0 Å². The van der Waals surface area contributed by atoms with Crippen LogP contribution in [0.1, 0.15) is 25.2 Å². The van der Waals surface area contributed by atoms with Crippen LogP contribution >= 0.6 is 0 Å². The number of anilines is 1. The number of carbonyl (C=O) groups excluding carboxylic acids is 1. The molecule has 2 rings (SSSR count). The first-order valence-corrected chi connectivity index (χ1v) is 6.42. The Morgan fingerprint density at radius 1 is 1.45 bits per heavy atom. The van der Waals surface area contributed by atoms with E-state index in [0.29, 0.717) is 18.0 Å². The number of nitrogen functional groups attached to an aromatic ring is 1. The summed E-state index contributed by atoms with van der Waals surface area (Å²) in [6.45, 7) is 2.19. The van der Waals surface area contributed by atoms with Crippen LogP contribution in [-0.2, 0) is 4.79 Å². The monoisotopic (exact) mass is 274 g/mol. The van der Waals surface area contributed by atoms with Crippen LogP contribution in [0.2, 0.25) is 0 Å². The Kier molecular flexibility index (Phi) is 4.60. The van der Waals surface area contributed by atoms with Crippen LogP contribution in [0.4, 0.5) is 5.69 Å². The molecule has 2 aromatic rings. The van der Waals surface area contributed by atoms with Gasteiger partial charge in [-0.3, -0.25) is 4.79 Å². The van der Waals surface area contributed by atoms with Gasteiger partial charge in [0, 0.05) is 18.1 Å². The average Bonchev–Trinajstić information content (AvgIpc) is 2.95. The topological polar surface area (TPSA) is 93.0 Å². The van der Waals surface area contributed by atoms with Crippen LogP contribution in [0.15, 0.2) is 36.7 Å². The summed E-state index contributed by atoms with van der Waals surface area (Å²) in [5.41, 5.74) is 6.26. The fourth-order valence-corrected chi connectivity index (χ4v) is 1.72. The molecule has 0 saturated carbocycles. The second-order valence-electron chi connectivity index (χ2n) is 4.43. The van der Waals surface area contributed by atoms with Crippen molar-refractivity contribution in [3.8, 4) is 5.75 Å². The Balaban J connectivity index is 1.71. The molecule has 106 valence electrons. The maximum atomic E-state index is 11.7. The highest BCUT2D eigenvalue weighted by atomic mass is 16.5. The summed E-state index contributed by atoms with van der Waals surface area (Å²) in [4.78, 5) is 18.8. The molecule has 1 heterocycles.